The third-order valence-electron chi connectivity index (χ3n) is 5.37. The molecule has 0 bridgehead atoms. The summed E-state index contributed by atoms with van der Waals surface area (Å²) < 4.78 is 0. The van der Waals surface area contributed by atoms with Crippen LogP contribution in [0, 0.1) is 0 Å². The van der Waals surface area contributed by atoms with Crippen molar-refractivity contribution >= 4 is 33.0 Å². The van der Waals surface area contributed by atoms with E-state index in [0.717, 1.165) is 18.9 Å². The van der Waals surface area contributed by atoms with Gasteiger partial charge in [0.25, 0.3) is 0 Å². The predicted octanol–water partition coefficient (Wildman–Crippen LogP) is 7.36. The smallest absolute Gasteiger partial charge is 0.111 e. The Kier molecular flexibility index (Phi) is 7.19. The quantitative estimate of drug-likeness (QED) is 0.207. The number of rotatable bonds is 9. The van der Waals surface area contributed by atoms with Crippen molar-refractivity contribution in [2.75, 3.05) is 9.80 Å². The molecular weight excluding hydrogens is 392 g/mol. The first-order chi connectivity index (χ1) is 15.4. The lowest BCUT2D eigenvalue weighted by molar-refractivity contribution is 0.595. The van der Waals surface area contributed by atoms with Crippen molar-refractivity contribution in [2.24, 2.45) is 0 Å². The molecule has 0 aliphatic carbocycles. The standard InChI is InChI=1S/C28H27N2Si/c31-23-13-22-28(29(24-14-5-1-6-15-24)25-16-7-2-8-17-25)30(26-18-9-3-10-19-26)27-20-11-4-12-21-27/h1-12,14-21,28H,13,22-23H2. The first-order valence-electron chi connectivity index (χ1n) is 10.8. The molecule has 0 spiro atoms. The molecule has 0 fully saturated rings. The van der Waals surface area contributed by atoms with Crippen LogP contribution in [-0.2, 0) is 0 Å². The van der Waals surface area contributed by atoms with Gasteiger partial charge in [-0.05, 0) is 55.0 Å². The summed E-state index contributed by atoms with van der Waals surface area (Å²) in [5, 5.41) is 0. The summed E-state index contributed by atoms with van der Waals surface area (Å²) in [5.41, 5.74) is 4.74. The van der Waals surface area contributed by atoms with E-state index in [1.54, 1.807) is 0 Å². The van der Waals surface area contributed by atoms with Gasteiger partial charge in [-0.15, -0.1) is 0 Å². The molecule has 0 aliphatic heterocycles. The van der Waals surface area contributed by atoms with E-state index in [1.165, 1.54) is 22.7 Å². The summed E-state index contributed by atoms with van der Waals surface area (Å²) in [5.74, 6) is 0. The summed E-state index contributed by atoms with van der Waals surface area (Å²) in [6.07, 6.45) is 2.16. The Morgan fingerprint density at radius 1 is 0.484 bits per heavy atom. The summed E-state index contributed by atoms with van der Waals surface area (Å²) >= 11 is 0. The molecule has 0 aromatic heterocycles. The zero-order chi connectivity index (χ0) is 21.3. The molecule has 3 heteroatoms. The van der Waals surface area contributed by atoms with E-state index < -0.39 is 0 Å². The normalized spacial score (nSPS) is 10.8. The molecule has 4 aromatic rings. The van der Waals surface area contributed by atoms with Crippen LogP contribution in [0.25, 0.3) is 0 Å². The highest BCUT2D eigenvalue weighted by molar-refractivity contribution is 6.08. The molecule has 3 radical (unpaired) electrons. The molecule has 0 unspecified atom stereocenters. The molecule has 153 valence electrons. The van der Waals surface area contributed by atoms with E-state index in [1.807, 2.05) is 0 Å². The summed E-state index contributed by atoms with van der Waals surface area (Å²) in [7, 11) is 3.72. The van der Waals surface area contributed by atoms with Gasteiger partial charge in [0.15, 0.2) is 0 Å². The Labute approximate surface area is 189 Å². The zero-order valence-electron chi connectivity index (χ0n) is 17.6. The second-order valence-corrected chi connectivity index (χ2v) is 7.96. The van der Waals surface area contributed by atoms with Gasteiger partial charge in [-0.1, -0.05) is 85.3 Å². The van der Waals surface area contributed by atoms with Gasteiger partial charge in [0, 0.05) is 33.0 Å². The van der Waals surface area contributed by atoms with Crippen LogP contribution < -0.4 is 9.80 Å². The minimum Gasteiger partial charge on any atom is -0.320 e. The van der Waals surface area contributed by atoms with Crippen LogP contribution in [0.15, 0.2) is 121 Å². The highest BCUT2D eigenvalue weighted by Gasteiger charge is 2.28. The molecule has 4 rings (SSSR count). The lowest BCUT2D eigenvalue weighted by atomic mass is 10.1. The van der Waals surface area contributed by atoms with Gasteiger partial charge in [-0.25, -0.2) is 0 Å². The van der Waals surface area contributed by atoms with Crippen molar-refractivity contribution in [3.63, 3.8) is 0 Å². The molecule has 31 heavy (non-hydrogen) atoms. The van der Waals surface area contributed by atoms with Crippen LogP contribution >= 0.6 is 0 Å². The molecule has 0 atom stereocenters. The Balaban J connectivity index is 1.89. The Morgan fingerprint density at radius 3 is 1.03 bits per heavy atom. The fourth-order valence-corrected chi connectivity index (χ4v) is 4.20. The third kappa shape index (κ3) is 5.07. The van der Waals surface area contributed by atoms with Crippen LogP contribution in [0.5, 0.6) is 0 Å². The Bertz CT molecular complexity index is 862. The maximum absolute atomic E-state index is 3.72. The molecule has 0 saturated carbocycles. The van der Waals surface area contributed by atoms with Crippen LogP contribution in [-0.4, -0.2) is 16.4 Å². The minimum absolute atomic E-state index is 0.103. The van der Waals surface area contributed by atoms with E-state index in [2.05, 4.69) is 141 Å². The van der Waals surface area contributed by atoms with Crippen LogP contribution in [0.3, 0.4) is 0 Å². The van der Waals surface area contributed by atoms with E-state index in [0.29, 0.717) is 0 Å². The zero-order valence-corrected chi connectivity index (χ0v) is 18.6. The van der Waals surface area contributed by atoms with E-state index in [4.69, 9.17) is 0 Å². The first kappa shape index (κ1) is 20.9. The Morgan fingerprint density at radius 2 is 0.774 bits per heavy atom. The number of para-hydroxylation sites is 4. The SMILES string of the molecule is [Si]CCCC(N(c1ccccc1)c1ccccc1)N(c1ccccc1)c1ccccc1. The molecule has 2 nitrogen and oxygen atoms in total. The van der Waals surface area contributed by atoms with Gasteiger partial charge < -0.3 is 9.80 Å². The fraction of sp³-hybridized carbons (Fsp3) is 0.143. The summed E-state index contributed by atoms with van der Waals surface area (Å²) in [6, 6.07) is 43.7. The van der Waals surface area contributed by atoms with Crippen LogP contribution in [0.1, 0.15) is 12.8 Å². The van der Waals surface area contributed by atoms with Crippen molar-refractivity contribution in [3.05, 3.63) is 121 Å². The van der Waals surface area contributed by atoms with Crippen molar-refractivity contribution in [2.45, 2.75) is 25.1 Å². The average molecular weight is 420 g/mol. The largest absolute Gasteiger partial charge is 0.320 e. The first-order valence-corrected chi connectivity index (χ1v) is 11.5. The number of benzene rings is 4. The second-order valence-electron chi connectivity index (χ2n) is 7.46. The second kappa shape index (κ2) is 10.6. The van der Waals surface area contributed by atoms with Gasteiger partial charge in [-0.3, -0.25) is 0 Å². The number of hydrogen-bond acceptors (Lipinski definition) is 2. The van der Waals surface area contributed by atoms with Crippen LogP contribution in [0.4, 0.5) is 22.7 Å². The van der Waals surface area contributed by atoms with E-state index in [9.17, 15) is 0 Å². The maximum Gasteiger partial charge on any atom is 0.111 e. The van der Waals surface area contributed by atoms with Crippen LogP contribution in [0.2, 0.25) is 6.04 Å². The van der Waals surface area contributed by atoms with Gasteiger partial charge in [0.05, 0.1) is 0 Å². The minimum atomic E-state index is 0.103. The molecule has 0 heterocycles. The average Bonchev–Trinajstić information content (AvgIpc) is 2.85. The van der Waals surface area contributed by atoms with Crippen molar-refractivity contribution in [3.8, 4) is 0 Å². The number of hydrogen-bond donors (Lipinski definition) is 0. The third-order valence-corrected chi connectivity index (χ3v) is 5.73. The number of nitrogens with zero attached hydrogens (tertiary/aromatic N) is 2. The van der Waals surface area contributed by atoms with E-state index in [-0.39, 0.29) is 6.17 Å². The lowest BCUT2D eigenvalue weighted by Gasteiger charge is -2.42. The molecule has 0 saturated heterocycles. The lowest BCUT2D eigenvalue weighted by Crippen LogP contribution is -2.44. The maximum atomic E-state index is 3.72. The summed E-state index contributed by atoms with van der Waals surface area (Å²) in [4.78, 5) is 4.92. The predicted molar refractivity (Wildman–Crippen MR) is 134 cm³/mol. The molecular formula is C28H27N2Si. The molecule has 4 aromatic carbocycles. The molecule has 0 amide bonds. The van der Waals surface area contributed by atoms with Crippen molar-refractivity contribution in [1.29, 1.82) is 0 Å². The van der Waals surface area contributed by atoms with Gasteiger partial charge >= 0.3 is 0 Å². The van der Waals surface area contributed by atoms with Gasteiger partial charge in [-0.2, -0.15) is 0 Å². The molecule has 0 N–H and O–H groups in total. The van der Waals surface area contributed by atoms with E-state index >= 15 is 0 Å². The van der Waals surface area contributed by atoms with Crippen molar-refractivity contribution in [1.82, 2.24) is 0 Å². The molecule has 0 aliphatic rings. The van der Waals surface area contributed by atoms with Gasteiger partial charge in [0.2, 0.25) is 0 Å². The number of anilines is 4. The highest BCUT2D eigenvalue weighted by atomic mass is 28.1. The van der Waals surface area contributed by atoms with Gasteiger partial charge in [0.1, 0.15) is 6.17 Å². The fourth-order valence-electron chi connectivity index (χ4n) is 4.00. The topological polar surface area (TPSA) is 6.48 Å². The van der Waals surface area contributed by atoms with Crippen molar-refractivity contribution < 1.29 is 0 Å². The monoisotopic (exact) mass is 419 g/mol. The summed E-state index contributed by atoms with van der Waals surface area (Å²) in [6.45, 7) is 0. The highest BCUT2D eigenvalue weighted by Crippen LogP contribution is 2.37. The Hall–Kier alpha value is -3.30.